The average Bonchev–Trinajstić information content (AvgIpc) is 2.90. The molecule has 1 heterocycles. The molecule has 0 spiro atoms. The maximum absolute atomic E-state index is 13.7. The molecule has 210 valence electrons. The van der Waals surface area contributed by atoms with E-state index in [-0.39, 0.29) is 40.0 Å². The Morgan fingerprint density at radius 2 is 1.95 bits per heavy atom. The molecule has 0 amide bonds. The molecule has 2 unspecified atom stereocenters. The number of Topliss-reactive ketones (excluding diaryl/α,β-unsaturated/α-hetero) is 3. The van der Waals surface area contributed by atoms with Gasteiger partial charge >= 0.3 is 0 Å². The van der Waals surface area contributed by atoms with Crippen LogP contribution in [0.15, 0.2) is 57.3 Å². The van der Waals surface area contributed by atoms with E-state index in [1.807, 2.05) is 0 Å². The summed E-state index contributed by atoms with van der Waals surface area (Å²) in [4.78, 5) is 39.8. The number of carbonyl (C=O) groups is 3. The van der Waals surface area contributed by atoms with Crippen molar-refractivity contribution in [1.82, 2.24) is 0 Å². The lowest BCUT2D eigenvalue weighted by molar-refractivity contribution is -0.211. The highest BCUT2D eigenvalue weighted by Gasteiger charge is 2.53. The largest absolute Gasteiger partial charge is 0.511 e. The van der Waals surface area contributed by atoms with Gasteiger partial charge in [-0.1, -0.05) is 12.2 Å². The van der Waals surface area contributed by atoms with Gasteiger partial charge in [0.1, 0.15) is 35.4 Å². The second kappa shape index (κ2) is 9.81. The first-order valence-corrected chi connectivity index (χ1v) is 12.7. The maximum Gasteiger partial charge on any atom is 0.201 e. The standard InChI is InChI=1S/C27H31NO11/c1-10-22(31)13(28)6-17(38-10)39-15-8-27(36,16(30)9-29)7-12-19(15)26(35)21-20(24(12)33)23(32)11-4-3-5-14(37-2)18(11)25(21)34/h3-4,10,13-14,17,20,22,29,31,33,35-36H,5-9,28H2,1-2H3/t10-,13-,14?,17-,20?,22+,27-/m0/s1. The molecule has 4 aliphatic carbocycles. The minimum Gasteiger partial charge on any atom is -0.511 e. The predicted octanol–water partition coefficient (Wildman–Crippen LogP) is -0.156. The lowest BCUT2D eigenvalue weighted by Crippen LogP contribution is -2.52. The van der Waals surface area contributed by atoms with Crippen molar-refractivity contribution in [2.75, 3.05) is 13.7 Å². The second-order valence-corrected chi connectivity index (χ2v) is 10.5. The van der Waals surface area contributed by atoms with E-state index in [4.69, 9.17) is 19.9 Å². The van der Waals surface area contributed by atoms with Crippen LogP contribution < -0.4 is 5.73 Å². The highest BCUT2D eigenvalue weighted by molar-refractivity contribution is 6.25. The molecule has 0 aromatic carbocycles. The zero-order valence-electron chi connectivity index (χ0n) is 21.4. The molecule has 7 N–H and O–H groups in total. The summed E-state index contributed by atoms with van der Waals surface area (Å²) >= 11 is 0. The lowest BCUT2D eigenvalue weighted by Gasteiger charge is -2.42. The summed E-state index contributed by atoms with van der Waals surface area (Å²) in [6, 6.07) is -0.731. The molecular weight excluding hydrogens is 514 g/mol. The van der Waals surface area contributed by atoms with Crippen molar-refractivity contribution in [3.8, 4) is 0 Å². The Labute approximate surface area is 223 Å². The van der Waals surface area contributed by atoms with Crippen LogP contribution in [0, 0.1) is 5.92 Å². The molecule has 0 bridgehead atoms. The van der Waals surface area contributed by atoms with E-state index in [0.717, 1.165) is 0 Å². The third-order valence-electron chi connectivity index (χ3n) is 8.10. The van der Waals surface area contributed by atoms with Gasteiger partial charge in [0.25, 0.3) is 0 Å². The van der Waals surface area contributed by atoms with E-state index in [0.29, 0.717) is 6.42 Å². The van der Waals surface area contributed by atoms with E-state index >= 15 is 0 Å². The van der Waals surface area contributed by atoms with Crippen LogP contribution in [0.4, 0.5) is 0 Å². The summed E-state index contributed by atoms with van der Waals surface area (Å²) in [7, 11) is 1.39. The summed E-state index contributed by atoms with van der Waals surface area (Å²) in [6.45, 7) is 0.559. The monoisotopic (exact) mass is 545 g/mol. The highest BCUT2D eigenvalue weighted by Crippen LogP contribution is 2.51. The van der Waals surface area contributed by atoms with Crippen LogP contribution in [0.1, 0.15) is 32.6 Å². The molecule has 0 saturated carbocycles. The molecule has 0 aromatic rings. The number of methoxy groups -OCH3 is 1. The van der Waals surface area contributed by atoms with E-state index in [9.17, 15) is 39.9 Å². The number of aliphatic hydroxyl groups is 5. The number of ketones is 3. The predicted molar refractivity (Wildman–Crippen MR) is 132 cm³/mol. The molecule has 5 aliphatic rings. The third kappa shape index (κ3) is 4.19. The van der Waals surface area contributed by atoms with Gasteiger partial charge < -0.3 is 45.5 Å². The Balaban J connectivity index is 1.68. The number of ether oxygens (including phenoxy) is 3. The van der Waals surface area contributed by atoms with E-state index in [1.165, 1.54) is 13.2 Å². The van der Waals surface area contributed by atoms with Gasteiger partial charge in [-0.25, -0.2) is 0 Å². The van der Waals surface area contributed by atoms with Crippen LogP contribution in [-0.2, 0) is 28.6 Å². The van der Waals surface area contributed by atoms with Crippen LogP contribution in [-0.4, -0.2) is 92.8 Å². The molecule has 1 saturated heterocycles. The minimum absolute atomic E-state index is 0.00909. The number of hydrogen-bond acceptors (Lipinski definition) is 12. The quantitative estimate of drug-likeness (QED) is 0.267. The summed E-state index contributed by atoms with van der Waals surface area (Å²) in [5.74, 6) is -5.34. The number of aliphatic hydroxyl groups excluding tert-OH is 4. The Kier molecular flexibility index (Phi) is 6.90. The van der Waals surface area contributed by atoms with Crippen LogP contribution in [0.5, 0.6) is 0 Å². The molecular formula is C27H31NO11. The fourth-order valence-corrected chi connectivity index (χ4v) is 5.99. The van der Waals surface area contributed by atoms with Crippen LogP contribution >= 0.6 is 0 Å². The number of rotatable bonds is 5. The van der Waals surface area contributed by atoms with Gasteiger partial charge in [-0.15, -0.1) is 0 Å². The molecule has 0 radical (unpaired) electrons. The number of carbonyl (C=O) groups excluding carboxylic acids is 3. The zero-order chi connectivity index (χ0) is 28.4. The van der Waals surface area contributed by atoms with Crippen molar-refractivity contribution in [3.05, 3.63) is 57.3 Å². The SMILES string of the molecule is COC1CC=CC2=C1C(=O)C1=C(O)C3=C(O[C@H]4C[C@H](N)[C@H](O)[C@H](C)O4)C[C@](O)(C(=O)CO)CC3=C(O)C1C2=O. The number of fused-ring (bicyclic) bond motifs is 2. The third-order valence-corrected chi connectivity index (χ3v) is 8.10. The Bertz CT molecular complexity index is 1290. The second-order valence-electron chi connectivity index (χ2n) is 10.5. The van der Waals surface area contributed by atoms with Crippen molar-refractivity contribution in [1.29, 1.82) is 0 Å². The van der Waals surface area contributed by atoms with E-state index in [2.05, 4.69) is 0 Å². The van der Waals surface area contributed by atoms with Crippen LogP contribution in [0.2, 0.25) is 0 Å². The Hall–Kier alpha value is -3.13. The van der Waals surface area contributed by atoms with Gasteiger partial charge in [-0.2, -0.15) is 0 Å². The Morgan fingerprint density at radius 1 is 1.23 bits per heavy atom. The molecule has 12 nitrogen and oxygen atoms in total. The fourth-order valence-electron chi connectivity index (χ4n) is 5.99. The molecule has 7 atom stereocenters. The van der Waals surface area contributed by atoms with Crippen LogP contribution in [0.3, 0.4) is 0 Å². The molecule has 1 aliphatic heterocycles. The fraction of sp³-hybridized carbons (Fsp3) is 0.519. The zero-order valence-corrected chi connectivity index (χ0v) is 21.4. The first-order valence-electron chi connectivity index (χ1n) is 12.7. The molecule has 12 heteroatoms. The molecule has 5 rings (SSSR count). The maximum atomic E-state index is 13.7. The molecule has 0 aromatic heterocycles. The first-order chi connectivity index (χ1) is 18.4. The van der Waals surface area contributed by atoms with Gasteiger partial charge in [0.05, 0.1) is 29.5 Å². The number of hydrogen-bond donors (Lipinski definition) is 6. The lowest BCUT2D eigenvalue weighted by atomic mass is 9.66. The number of allylic oxidation sites excluding steroid dienone is 4. The smallest absolute Gasteiger partial charge is 0.201 e. The molecule has 1 fully saturated rings. The van der Waals surface area contributed by atoms with E-state index < -0.39 is 90.5 Å². The Morgan fingerprint density at radius 3 is 2.59 bits per heavy atom. The van der Waals surface area contributed by atoms with Crippen molar-refractivity contribution >= 4 is 17.3 Å². The first kappa shape index (κ1) is 27.4. The number of nitrogens with two attached hydrogens (primary N) is 1. The summed E-state index contributed by atoms with van der Waals surface area (Å²) < 4.78 is 17.1. The van der Waals surface area contributed by atoms with Crippen molar-refractivity contribution < 1.29 is 54.1 Å². The molecule has 39 heavy (non-hydrogen) atoms. The van der Waals surface area contributed by atoms with Gasteiger partial charge in [-0.3, -0.25) is 14.4 Å². The average molecular weight is 546 g/mol. The van der Waals surface area contributed by atoms with Gasteiger partial charge in [0.15, 0.2) is 17.3 Å². The highest BCUT2D eigenvalue weighted by atomic mass is 16.7. The van der Waals surface area contributed by atoms with Crippen molar-refractivity contribution in [2.45, 2.75) is 68.9 Å². The minimum atomic E-state index is -2.26. The van der Waals surface area contributed by atoms with E-state index in [1.54, 1.807) is 13.0 Å². The summed E-state index contributed by atoms with van der Waals surface area (Å²) in [5, 5.41) is 53.7. The van der Waals surface area contributed by atoms with Crippen molar-refractivity contribution in [3.63, 3.8) is 0 Å². The topological polar surface area (TPSA) is 206 Å². The summed E-state index contributed by atoms with van der Waals surface area (Å²) in [5.41, 5.74) is 3.16. The van der Waals surface area contributed by atoms with Gasteiger partial charge in [-0.05, 0) is 13.3 Å². The normalized spacial score (nSPS) is 36.7. The van der Waals surface area contributed by atoms with Gasteiger partial charge in [0, 0.05) is 49.1 Å². The van der Waals surface area contributed by atoms with Crippen LogP contribution in [0.25, 0.3) is 0 Å². The van der Waals surface area contributed by atoms with Crippen molar-refractivity contribution in [2.24, 2.45) is 11.7 Å². The van der Waals surface area contributed by atoms with Gasteiger partial charge in [0.2, 0.25) is 6.29 Å². The summed E-state index contributed by atoms with van der Waals surface area (Å²) in [6.07, 6.45) is -1.12.